The maximum Gasteiger partial charge on any atom is 0.410 e. The molecule has 4 rings (SSSR count). The van der Waals surface area contributed by atoms with Gasteiger partial charge in [0.25, 0.3) is 0 Å². The zero-order chi connectivity index (χ0) is 22.0. The van der Waals surface area contributed by atoms with Crippen LogP contribution in [0.1, 0.15) is 37.8 Å². The maximum atomic E-state index is 12.1. The van der Waals surface area contributed by atoms with Crippen LogP contribution in [0.15, 0.2) is 36.5 Å². The third-order valence-electron chi connectivity index (χ3n) is 5.93. The highest BCUT2D eigenvalue weighted by molar-refractivity contribution is 7.83. The second-order valence-corrected chi connectivity index (χ2v) is 10.1. The quantitative estimate of drug-likeness (QED) is 0.695. The van der Waals surface area contributed by atoms with Crippen LogP contribution in [0.2, 0.25) is 0 Å². The Hall–Kier alpha value is -2.41. The van der Waals surface area contributed by atoms with Gasteiger partial charge in [-0.1, -0.05) is 24.3 Å². The average molecular weight is 443 g/mol. The van der Waals surface area contributed by atoms with Gasteiger partial charge in [-0.3, -0.25) is 9.19 Å². The van der Waals surface area contributed by atoms with Gasteiger partial charge in [0.1, 0.15) is 11.9 Å². The van der Waals surface area contributed by atoms with Crippen molar-refractivity contribution in [2.75, 3.05) is 19.3 Å². The molecule has 0 radical (unpaired) electrons. The van der Waals surface area contributed by atoms with E-state index in [1.54, 1.807) is 11.2 Å². The first-order valence-corrected chi connectivity index (χ1v) is 12.6. The molecule has 0 saturated carbocycles. The van der Waals surface area contributed by atoms with Crippen molar-refractivity contribution in [3.63, 3.8) is 0 Å². The standard InChI is InChI=1S/C24H30N2O4S/c1-16(2)29-24(27)26-10-8-19(9-11-26)22-13-20-12-21(25-14-23(20)30-22)18-6-4-17(5-7-18)15-31(3)28/h4-7,12,14,16,19,22H,8-11,13,15H2,1-3H3. The van der Waals surface area contributed by atoms with Crippen LogP contribution in [0.5, 0.6) is 5.75 Å². The summed E-state index contributed by atoms with van der Waals surface area (Å²) in [5, 5.41) is 0. The molecule has 2 aliphatic heterocycles. The number of carbonyl (C=O) groups excluding carboxylic acids is 1. The molecule has 166 valence electrons. The van der Waals surface area contributed by atoms with Crippen LogP contribution in [0.3, 0.4) is 0 Å². The second-order valence-electron chi connectivity index (χ2n) is 8.71. The van der Waals surface area contributed by atoms with E-state index in [1.165, 1.54) is 5.56 Å². The molecule has 1 aromatic carbocycles. The fourth-order valence-corrected chi connectivity index (χ4v) is 4.99. The van der Waals surface area contributed by atoms with Gasteiger partial charge >= 0.3 is 6.09 Å². The number of nitrogens with zero attached hydrogens (tertiary/aromatic N) is 2. The topological polar surface area (TPSA) is 68.7 Å². The molecule has 2 unspecified atom stereocenters. The van der Waals surface area contributed by atoms with Crippen LogP contribution in [-0.2, 0) is 27.7 Å². The SMILES string of the molecule is CC(C)OC(=O)N1CCC(C2Cc3cc(-c4ccc(CS(C)=O)cc4)ncc3O2)CC1. The average Bonchev–Trinajstić information content (AvgIpc) is 3.17. The molecule has 1 aromatic heterocycles. The van der Waals surface area contributed by atoms with Crippen molar-refractivity contribution in [2.45, 2.75) is 51.1 Å². The van der Waals surface area contributed by atoms with E-state index in [-0.39, 0.29) is 18.3 Å². The number of benzene rings is 1. The highest BCUT2D eigenvalue weighted by Crippen LogP contribution is 2.36. The van der Waals surface area contributed by atoms with Gasteiger partial charge in [0.15, 0.2) is 0 Å². The Kier molecular flexibility index (Phi) is 6.60. The van der Waals surface area contributed by atoms with Crippen LogP contribution in [0, 0.1) is 5.92 Å². The number of rotatable bonds is 5. The highest BCUT2D eigenvalue weighted by Gasteiger charge is 2.34. The van der Waals surface area contributed by atoms with Crippen LogP contribution in [0.4, 0.5) is 4.79 Å². The van der Waals surface area contributed by atoms with Gasteiger partial charge in [-0.15, -0.1) is 0 Å². The normalized spacial score (nSPS) is 19.7. The molecule has 2 atom stereocenters. The summed E-state index contributed by atoms with van der Waals surface area (Å²) in [5.41, 5.74) is 4.24. The zero-order valence-electron chi connectivity index (χ0n) is 18.4. The Morgan fingerprint density at radius 1 is 1.26 bits per heavy atom. The van der Waals surface area contributed by atoms with Crippen molar-refractivity contribution in [1.82, 2.24) is 9.88 Å². The first kappa shape index (κ1) is 21.8. The van der Waals surface area contributed by atoms with Crippen molar-refractivity contribution >= 4 is 16.9 Å². The van der Waals surface area contributed by atoms with Gasteiger partial charge in [0, 0.05) is 53.4 Å². The van der Waals surface area contributed by atoms with Gasteiger partial charge in [0.2, 0.25) is 0 Å². The van der Waals surface area contributed by atoms with E-state index in [0.717, 1.165) is 41.8 Å². The Bertz CT molecular complexity index is 953. The highest BCUT2D eigenvalue weighted by atomic mass is 32.2. The van der Waals surface area contributed by atoms with Gasteiger partial charge in [-0.25, -0.2) is 4.79 Å². The molecule has 2 aromatic rings. The lowest BCUT2D eigenvalue weighted by Crippen LogP contribution is -2.43. The molecule has 0 N–H and O–H groups in total. The number of hydrogen-bond donors (Lipinski definition) is 0. The van der Waals surface area contributed by atoms with E-state index >= 15 is 0 Å². The fraction of sp³-hybridized carbons (Fsp3) is 0.500. The number of ether oxygens (including phenoxy) is 2. The summed E-state index contributed by atoms with van der Waals surface area (Å²) >= 11 is 0. The zero-order valence-corrected chi connectivity index (χ0v) is 19.2. The first-order chi connectivity index (χ1) is 14.9. The summed E-state index contributed by atoms with van der Waals surface area (Å²) in [6, 6.07) is 10.2. The molecule has 0 aliphatic carbocycles. The first-order valence-electron chi connectivity index (χ1n) is 10.9. The maximum absolute atomic E-state index is 12.1. The predicted molar refractivity (Wildman–Crippen MR) is 121 cm³/mol. The van der Waals surface area contributed by atoms with E-state index in [4.69, 9.17) is 9.47 Å². The lowest BCUT2D eigenvalue weighted by Gasteiger charge is -2.34. The van der Waals surface area contributed by atoms with Crippen LogP contribution >= 0.6 is 0 Å². The van der Waals surface area contributed by atoms with Gasteiger partial charge < -0.3 is 14.4 Å². The van der Waals surface area contributed by atoms with Gasteiger partial charge in [-0.2, -0.15) is 0 Å². The third-order valence-corrected chi connectivity index (χ3v) is 6.67. The predicted octanol–water partition coefficient (Wildman–Crippen LogP) is 4.19. The molecular weight excluding hydrogens is 412 g/mol. The minimum atomic E-state index is -0.843. The van der Waals surface area contributed by atoms with Crippen molar-refractivity contribution in [3.8, 4) is 17.0 Å². The number of aromatic nitrogens is 1. The Balaban J connectivity index is 1.37. The molecule has 0 bridgehead atoms. The second kappa shape index (κ2) is 9.39. The van der Waals surface area contributed by atoms with Gasteiger partial charge in [0.05, 0.1) is 18.0 Å². The molecule has 1 amide bonds. The van der Waals surface area contributed by atoms with Crippen LogP contribution < -0.4 is 4.74 Å². The molecule has 31 heavy (non-hydrogen) atoms. The number of piperidine rings is 1. The Morgan fingerprint density at radius 3 is 2.61 bits per heavy atom. The smallest absolute Gasteiger partial charge is 0.410 e. The summed E-state index contributed by atoms with van der Waals surface area (Å²) in [5.74, 6) is 1.86. The summed E-state index contributed by atoms with van der Waals surface area (Å²) in [6.07, 6.45) is 6.10. The number of fused-ring (bicyclic) bond motifs is 1. The van der Waals surface area contributed by atoms with E-state index in [2.05, 4.69) is 11.1 Å². The summed E-state index contributed by atoms with van der Waals surface area (Å²) < 4.78 is 23.0. The van der Waals surface area contributed by atoms with Crippen molar-refractivity contribution in [1.29, 1.82) is 0 Å². The number of pyridine rings is 1. The minimum absolute atomic E-state index is 0.0913. The molecule has 7 heteroatoms. The van der Waals surface area contributed by atoms with Crippen molar-refractivity contribution < 1.29 is 18.5 Å². The fourth-order valence-electron chi connectivity index (χ4n) is 4.33. The molecule has 0 spiro atoms. The Labute approximate surface area is 186 Å². The van der Waals surface area contributed by atoms with E-state index < -0.39 is 10.8 Å². The molecule has 1 saturated heterocycles. The minimum Gasteiger partial charge on any atom is -0.488 e. The molecule has 1 fully saturated rings. The van der Waals surface area contributed by atoms with Crippen LogP contribution in [0.25, 0.3) is 11.3 Å². The molecule has 3 heterocycles. The van der Waals surface area contributed by atoms with E-state index in [9.17, 15) is 9.00 Å². The van der Waals surface area contributed by atoms with Crippen molar-refractivity contribution in [3.05, 3.63) is 47.7 Å². The summed E-state index contributed by atoms with van der Waals surface area (Å²) in [4.78, 5) is 18.5. The van der Waals surface area contributed by atoms with E-state index in [0.29, 0.717) is 24.8 Å². The van der Waals surface area contributed by atoms with Crippen LogP contribution in [-0.4, -0.2) is 51.7 Å². The summed E-state index contributed by atoms with van der Waals surface area (Å²) in [6.45, 7) is 5.17. The van der Waals surface area contributed by atoms with Crippen molar-refractivity contribution in [2.24, 2.45) is 5.92 Å². The Morgan fingerprint density at radius 2 is 1.97 bits per heavy atom. The molecule has 2 aliphatic rings. The summed E-state index contributed by atoms with van der Waals surface area (Å²) in [7, 11) is -0.843. The monoisotopic (exact) mass is 442 g/mol. The van der Waals surface area contributed by atoms with Gasteiger partial charge in [-0.05, 0) is 44.2 Å². The number of amides is 1. The third kappa shape index (κ3) is 5.26. The lowest BCUT2D eigenvalue weighted by molar-refractivity contribution is 0.0502. The lowest BCUT2D eigenvalue weighted by atomic mass is 9.89. The molecule has 6 nitrogen and oxygen atoms in total. The number of likely N-dealkylation sites (tertiary alicyclic amines) is 1. The number of hydrogen-bond acceptors (Lipinski definition) is 5. The molecular formula is C24H30N2O4S. The van der Waals surface area contributed by atoms with E-state index in [1.807, 2.05) is 44.3 Å². The number of carbonyl (C=O) groups is 1. The largest absolute Gasteiger partial charge is 0.488 e.